The van der Waals surface area contributed by atoms with Gasteiger partial charge in [0.05, 0.1) is 6.54 Å². The van der Waals surface area contributed by atoms with Crippen molar-refractivity contribution in [2.24, 2.45) is 0 Å². The van der Waals surface area contributed by atoms with E-state index in [0.29, 0.717) is 0 Å². The van der Waals surface area contributed by atoms with E-state index in [4.69, 9.17) is 0 Å². The highest BCUT2D eigenvalue weighted by molar-refractivity contribution is 5.48. The minimum atomic E-state index is -0.192. The smallest absolute Gasteiger partial charge is 0.123 e. The molecule has 0 radical (unpaired) electrons. The summed E-state index contributed by atoms with van der Waals surface area (Å²) < 4.78 is 12.7. The van der Waals surface area contributed by atoms with Crippen LogP contribution in [0, 0.1) is 5.82 Å². The second-order valence-electron chi connectivity index (χ2n) is 3.43. The zero-order chi connectivity index (χ0) is 9.97. The van der Waals surface area contributed by atoms with Gasteiger partial charge in [0.25, 0.3) is 0 Å². The summed E-state index contributed by atoms with van der Waals surface area (Å²) in [5, 5.41) is 3.18. The Balaban J connectivity index is 2.14. The van der Waals surface area contributed by atoms with Gasteiger partial charge in [-0.05, 0) is 24.3 Å². The molecule has 1 aliphatic heterocycles. The number of piperazine rings is 1. The molecule has 0 aromatic heterocycles. The summed E-state index contributed by atoms with van der Waals surface area (Å²) >= 11 is 0. The zero-order valence-electron chi connectivity index (χ0n) is 7.96. The summed E-state index contributed by atoms with van der Waals surface area (Å²) in [6.45, 7) is 6.51. The number of hydrogen-bond acceptors (Lipinski definition) is 2. The number of hydrogen-bond donors (Lipinski definition) is 1. The van der Waals surface area contributed by atoms with E-state index >= 15 is 0 Å². The lowest BCUT2D eigenvalue weighted by Gasteiger charge is -2.31. The molecule has 1 fully saturated rings. The summed E-state index contributed by atoms with van der Waals surface area (Å²) in [4.78, 5) is 2.18. The van der Waals surface area contributed by atoms with Crippen LogP contribution < -0.4 is 10.2 Å². The molecule has 0 saturated carbocycles. The second kappa shape index (κ2) is 3.70. The van der Waals surface area contributed by atoms with Gasteiger partial charge < -0.3 is 10.2 Å². The number of rotatable bonds is 1. The predicted molar refractivity (Wildman–Crippen MR) is 55.8 cm³/mol. The Hall–Kier alpha value is -1.51. The molecule has 0 atom stereocenters. The highest BCUT2D eigenvalue weighted by Crippen LogP contribution is 2.16. The molecule has 1 N–H and O–H groups in total. The molecule has 14 heavy (non-hydrogen) atoms. The quantitative estimate of drug-likeness (QED) is 0.729. The summed E-state index contributed by atoms with van der Waals surface area (Å²) in [6.07, 6.45) is 0. The van der Waals surface area contributed by atoms with Crippen LogP contribution in [-0.4, -0.2) is 19.6 Å². The van der Waals surface area contributed by atoms with E-state index in [1.165, 1.54) is 12.1 Å². The van der Waals surface area contributed by atoms with E-state index in [0.717, 1.165) is 31.0 Å². The van der Waals surface area contributed by atoms with E-state index in [-0.39, 0.29) is 5.82 Å². The lowest BCUT2D eigenvalue weighted by molar-refractivity contribution is 0.625. The van der Waals surface area contributed by atoms with Crippen LogP contribution in [0.1, 0.15) is 0 Å². The van der Waals surface area contributed by atoms with Crippen LogP contribution in [0.4, 0.5) is 10.1 Å². The van der Waals surface area contributed by atoms with Crippen LogP contribution in [0.5, 0.6) is 0 Å². The van der Waals surface area contributed by atoms with Crippen molar-refractivity contribution in [3.63, 3.8) is 0 Å². The van der Waals surface area contributed by atoms with Crippen LogP contribution in [0.2, 0.25) is 0 Å². The van der Waals surface area contributed by atoms with Gasteiger partial charge in [0.1, 0.15) is 5.82 Å². The molecule has 74 valence electrons. The predicted octanol–water partition coefficient (Wildman–Crippen LogP) is 1.75. The summed E-state index contributed by atoms with van der Waals surface area (Å²) in [5.74, 6) is -0.192. The molecule has 1 aromatic rings. The Morgan fingerprint density at radius 1 is 1.29 bits per heavy atom. The van der Waals surface area contributed by atoms with E-state index in [2.05, 4.69) is 16.8 Å². The first-order chi connectivity index (χ1) is 6.75. The van der Waals surface area contributed by atoms with E-state index < -0.39 is 0 Å². The topological polar surface area (TPSA) is 15.3 Å². The number of nitrogens with zero attached hydrogens (tertiary/aromatic N) is 1. The minimum absolute atomic E-state index is 0.192. The van der Waals surface area contributed by atoms with Crippen LogP contribution in [0.15, 0.2) is 36.5 Å². The van der Waals surface area contributed by atoms with Gasteiger partial charge in [-0.2, -0.15) is 0 Å². The molecule has 0 spiro atoms. The largest absolute Gasteiger partial charge is 0.386 e. The van der Waals surface area contributed by atoms with Gasteiger partial charge in [0.15, 0.2) is 0 Å². The van der Waals surface area contributed by atoms with Crippen LogP contribution in [0.25, 0.3) is 0 Å². The normalized spacial score (nSPS) is 16.6. The van der Waals surface area contributed by atoms with E-state index in [9.17, 15) is 4.39 Å². The zero-order valence-corrected chi connectivity index (χ0v) is 7.96. The van der Waals surface area contributed by atoms with Crippen molar-refractivity contribution in [1.82, 2.24) is 5.32 Å². The molecule has 2 rings (SSSR count). The molecule has 0 unspecified atom stereocenters. The third kappa shape index (κ3) is 1.87. The molecule has 1 heterocycles. The molecule has 2 nitrogen and oxygen atoms in total. The van der Waals surface area contributed by atoms with Gasteiger partial charge >= 0.3 is 0 Å². The first-order valence-corrected chi connectivity index (χ1v) is 4.68. The minimum Gasteiger partial charge on any atom is -0.386 e. The molecule has 1 saturated heterocycles. The fourth-order valence-electron chi connectivity index (χ4n) is 1.61. The first-order valence-electron chi connectivity index (χ1n) is 4.68. The van der Waals surface area contributed by atoms with Gasteiger partial charge in [-0.1, -0.05) is 6.58 Å². The lowest BCUT2D eigenvalue weighted by Crippen LogP contribution is -2.41. The Morgan fingerprint density at radius 3 is 2.64 bits per heavy atom. The third-order valence-electron chi connectivity index (χ3n) is 2.33. The average Bonchev–Trinajstić information content (AvgIpc) is 2.19. The fourth-order valence-corrected chi connectivity index (χ4v) is 1.61. The van der Waals surface area contributed by atoms with Crippen LogP contribution in [-0.2, 0) is 0 Å². The number of benzene rings is 1. The summed E-state index contributed by atoms with van der Waals surface area (Å²) in [7, 11) is 0. The Labute approximate surface area is 83.0 Å². The van der Waals surface area contributed by atoms with Crippen molar-refractivity contribution >= 4 is 5.69 Å². The van der Waals surface area contributed by atoms with Crippen molar-refractivity contribution in [1.29, 1.82) is 0 Å². The first kappa shape index (κ1) is 9.06. The second-order valence-corrected chi connectivity index (χ2v) is 3.43. The number of halogens is 1. The standard InChI is InChI=1S/C11H13FN2/c1-9-8-14(7-6-13-9)11-4-2-10(12)3-5-11/h2-5,13H,1,6-8H2. The molecule has 0 aliphatic carbocycles. The maximum absolute atomic E-state index is 12.7. The van der Waals surface area contributed by atoms with E-state index in [1.54, 1.807) is 12.1 Å². The molecule has 1 aromatic carbocycles. The maximum Gasteiger partial charge on any atom is 0.123 e. The van der Waals surface area contributed by atoms with Crippen molar-refractivity contribution in [2.75, 3.05) is 24.5 Å². The molecule has 3 heteroatoms. The van der Waals surface area contributed by atoms with Gasteiger partial charge in [-0.25, -0.2) is 4.39 Å². The lowest BCUT2D eigenvalue weighted by atomic mass is 10.2. The maximum atomic E-state index is 12.7. The fraction of sp³-hybridized carbons (Fsp3) is 0.273. The van der Waals surface area contributed by atoms with Gasteiger partial charge in [-0.3, -0.25) is 0 Å². The number of anilines is 1. The molecule has 1 aliphatic rings. The summed E-state index contributed by atoms with van der Waals surface area (Å²) in [5.41, 5.74) is 2.06. The average molecular weight is 192 g/mol. The number of nitrogens with one attached hydrogen (secondary N) is 1. The van der Waals surface area contributed by atoms with Crippen LogP contribution >= 0.6 is 0 Å². The SMILES string of the molecule is C=C1CN(c2ccc(F)cc2)CCN1. The Kier molecular flexibility index (Phi) is 2.39. The highest BCUT2D eigenvalue weighted by atomic mass is 19.1. The molecular formula is C11H13FN2. The molecular weight excluding hydrogens is 179 g/mol. The summed E-state index contributed by atoms with van der Waals surface area (Å²) in [6, 6.07) is 6.57. The van der Waals surface area contributed by atoms with Gasteiger partial charge in [-0.15, -0.1) is 0 Å². The van der Waals surface area contributed by atoms with Gasteiger partial charge in [0.2, 0.25) is 0 Å². The van der Waals surface area contributed by atoms with E-state index in [1.807, 2.05) is 0 Å². The monoisotopic (exact) mass is 192 g/mol. The third-order valence-corrected chi connectivity index (χ3v) is 2.33. The molecule has 0 amide bonds. The van der Waals surface area contributed by atoms with Crippen molar-refractivity contribution in [3.05, 3.63) is 42.4 Å². The van der Waals surface area contributed by atoms with Crippen LogP contribution in [0.3, 0.4) is 0 Å². The molecule has 0 bridgehead atoms. The van der Waals surface area contributed by atoms with Crippen molar-refractivity contribution in [3.8, 4) is 0 Å². The van der Waals surface area contributed by atoms with Gasteiger partial charge in [0, 0.05) is 24.5 Å². The Morgan fingerprint density at radius 2 is 2.00 bits per heavy atom. The Bertz CT molecular complexity index is 332. The van der Waals surface area contributed by atoms with Crippen molar-refractivity contribution in [2.45, 2.75) is 0 Å². The van der Waals surface area contributed by atoms with Crippen molar-refractivity contribution < 1.29 is 4.39 Å². The highest BCUT2D eigenvalue weighted by Gasteiger charge is 2.12.